The molecule has 0 saturated carbocycles. The van der Waals surface area contributed by atoms with Crippen LogP contribution in [0.3, 0.4) is 0 Å². The van der Waals surface area contributed by atoms with Crippen molar-refractivity contribution >= 4 is 11.7 Å². The van der Waals surface area contributed by atoms with Gasteiger partial charge in [0.05, 0.1) is 20.3 Å². The largest absolute Gasteiger partial charge is 0.493 e. The lowest BCUT2D eigenvalue weighted by atomic mass is 9.87. The number of rotatable bonds is 4. The van der Waals surface area contributed by atoms with Gasteiger partial charge in [-0.2, -0.15) is 4.98 Å². The number of carbonyl (C=O) groups is 1. The second kappa shape index (κ2) is 8.20. The van der Waals surface area contributed by atoms with Crippen LogP contribution >= 0.6 is 0 Å². The van der Waals surface area contributed by atoms with Crippen molar-refractivity contribution in [3.63, 3.8) is 0 Å². The van der Waals surface area contributed by atoms with Gasteiger partial charge in [-0.15, -0.1) is 5.10 Å². The average Bonchev–Trinajstić information content (AvgIpc) is 3.27. The first kappa shape index (κ1) is 20.9. The van der Waals surface area contributed by atoms with E-state index in [1.165, 1.54) is 0 Å². The Morgan fingerprint density at radius 3 is 2.45 bits per heavy atom. The summed E-state index contributed by atoms with van der Waals surface area (Å²) in [4.78, 5) is 24.5. The van der Waals surface area contributed by atoms with E-state index in [1.807, 2.05) is 67.3 Å². The van der Waals surface area contributed by atoms with Crippen LogP contribution in [0.4, 0.5) is 0 Å². The average molecular weight is 444 g/mol. The third-order valence-corrected chi connectivity index (χ3v) is 6.06. The summed E-state index contributed by atoms with van der Waals surface area (Å²) in [5.74, 6) is 1.65. The van der Waals surface area contributed by atoms with Crippen molar-refractivity contribution in [1.29, 1.82) is 0 Å². The highest BCUT2D eigenvalue weighted by molar-refractivity contribution is 5.91. The maximum absolute atomic E-state index is 13.7. The Kier molecular flexibility index (Phi) is 5.20. The molecule has 0 fully saturated rings. The Balaban J connectivity index is 1.63. The minimum Gasteiger partial charge on any atom is -0.493 e. The molecule has 1 aliphatic rings. The Hall–Kier alpha value is -3.94. The minimum atomic E-state index is -0.301. The van der Waals surface area contributed by atoms with Crippen molar-refractivity contribution in [2.45, 2.75) is 26.3 Å². The Morgan fingerprint density at radius 2 is 1.73 bits per heavy atom. The summed E-state index contributed by atoms with van der Waals surface area (Å²) in [6.07, 6.45) is 0.689. The minimum absolute atomic E-state index is 0.140. The fourth-order valence-corrected chi connectivity index (χ4v) is 4.54. The first-order chi connectivity index (χ1) is 16.0. The van der Waals surface area contributed by atoms with E-state index in [4.69, 9.17) is 9.47 Å². The number of methoxy groups -OCH3 is 2. The molecule has 0 N–H and O–H groups in total. The zero-order valence-corrected chi connectivity index (χ0v) is 19.1. The van der Waals surface area contributed by atoms with Crippen LogP contribution in [0.25, 0.3) is 5.78 Å². The number of benzene rings is 2. The number of ether oxygens (including phenoxy) is 2. The monoisotopic (exact) mass is 443 g/mol. The van der Waals surface area contributed by atoms with Crippen molar-refractivity contribution in [2.75, 3.05) is 20.8 Å². The molecule has 8 nitrogen and oxygen atoms in total. The maximum atomic E-state index is 13.7. The summed E-state index contributed by atoms with van der Waals surface area (Å²) < 4.78 is 12.7. The van der Waals surface area contributed by atoms with Gasteiger partial charge in [-0.1, -0.05) is 30.3 Å². The lowest BCUT2D eigenvalue weighted by molar-refractivity contribution is 0.0682. The SMILES string of the molecule is COc1cc2c(cc1OC)[C@H](c1ccccc1)N(C(=O)c1nc3nc(C)cc(C)n3n1)CC2. The zero-order chi connectivity index (χ0) is 23.1. The van der Waals surface area contributed by atoms with Gasteiger partial charge in [0.15, 0.2) is 11.5 Å². The van der Waals surface area contributed by atoms with E-state index in [2.05, 4.69) is 15.1 Å². The number of hydrogen-bond donors (Lipinski definition) is 0. The van der Waals surface area contributed by atoms with Crippen LogP contribution in [0.15, 0.2) is 48.5 Å². The molecule has 2 aromatic heterocycles. The molecule has 0 unspecified atom stereocenters. The van der Waals surface area contributed by atoms with Gasteiger partial charge in [0.1, 0.15) is 0 Å². The molecule has 1 atom stereocenters. The van der Waals surface area contributed by atoms with E-state index in [9.17, 15) is 4.79 Å². The second-order valence-electron chi connectivity index (χ2n) is 8.15. The predicted octanol–water partition coefficient (Wildman–Crippen LogP) is 3.55. The number of carbonyl (C=O) groups excluding carboxylic acids is 1. The third kappa shape index (κ3) is 3.57. The Bertz CT molecular complexity index is 1350. The van der Waals surface area contributed by atoms with Crippen molar-refractivity contribution in [3.8, 4) is 11.5 Å². The molecule has 3 heterocycles. The van der Waals surface area contributed by atoms with Crippen LogP contribution < -0.4 is 9.47 Å². The number of nitrogens with zero attached hydrogens (tertiary/aromatic N) is 5. The smallest absolute Gasteiger partial charge is 0.294 e. The van der Waals surface area contributed by atoms with Gasteiger partial charge in [0.25, 0.3) is 11.7 Å². The molecule has 33 heavy (non-hydrogen) atoms. The molecule has 0 bridgehead atoms. The van der Waals surface area contributed by atoms with Crippen LogP contribution in [0.5, 0.6) is 11.5 Å². The van der Waals surface area contributed by atoms with Gasteiger partial charge in [0, 0.05) is 17.9 Å². The fraction of sp³-hybridized carbons (Fsp3) is 0.280. The van der Waals surface area contributed by atoms with Crippen molar-refractivity contribution in [3.05, 3.63) is 82.4 Å². The first-order valence-electron chi connectivity index (χ1n) is 10.8. The van der Waals surface area contributed by atoms with Crippen LogP contribution in [0, 0.1) is 13.8 Å². The van der Waals surface area contributed by atoms with E-state index in [0.29, 0.717) is 30.2 Å². The highest BCUT2D eigenvalue weighted by Gasteiger charge is 2.35. The van der Waals surface area contributed by atoms with Gasteiger partial charge in [-0.05, 0) is 55.2 Å². The van der Waals surface area contributed by atoms with E-state index in [0.717, 1.165) is 28.1 Å². The molecule has 0 saturated heterocycles. The number of fused-ring (bicyclic) bond motifs is 2. The van der Waals surface area contributed by atoms with Gasteiger partial charge in [-0.3, -0.25) is 4.79 Å². The topological polar surface area (TPSA) is 81.9 Å². The standard InChI is InChI=1S/C25H25N5O3/c1-15-12-16(2)30-25(26-15)27-23(28-30)24(31)29-11-10-18-13-20(32-3)21(33-4)14-19(18)22(29)17-8-6-5-7-9-17/h5-9,12-14,22H,10-11H2,1-4H3/t22-/m0/s1. The van der Waals surface area contributed by atoms with Gasteiger partial charge >= 0.3 is 0 Å². The summed E-state index contributed by atoms with van der Waals surface area (Å²) in [6.45, 7) is 4.36. The van der Waals surface area contributed by atoms with E-state index in [-0.39, 0.29) is 17.8 Å². The predicted molar refractivity (Wildman–Crippen MR) is 123 cm³/mol. The normalized spacial score (nSPS) is 15.4. The van der Waals surface area contributed by atoms with Crippen molar-refractivity contribution in [2.24, 2.45) is 0 Å². The first-order valence-corrected chi connectivity index (χ1v) is 10.8. The number of aryl methyl sites for hydroxylation is 2. The molecule has 0 spiro atoms. The lowest BCUT2D eigenvalue weighted by Crippen LogP contribution is -2.41. The molecule has 1 aliphatic heterocycles. The Labute approximate surface area is 191 Å². The lowest BCUT2D eigenvalue weighted by Gasteiger charge is -2.37. The van der Waals surface area contributed by atoms with Crippen LogP contribution in [-0.2, 0) is 6.42 Å². The second-order valence-corrected chi connectivity index (χ2v) is 8.15. The van der Waals surface area contributed by atoms with E-state index >= 15 is 0 Å². The molecule has 1 amide bonds. The summed E-state index contributed by atoms with van der Waals surface area (Å²) >= 11 is 0. The van der Waals surface area contributed by atoms with Crippen LogP contribution in [0.2, 0.25) is 0 Å². The Morgan fingerprint density at radius 1 is 1.00 bits per heavy atom. The number of amides is 1. The summed E-state index contributed by atoms with van der Waals surface area (Å²) in [6, 6.07) is 15.6. The van der Waals surface area contributed by atoms with Gasteiger partial charge in [-0.25, -0.2) is 9.50 Å². The van der Waals surface area contributed by atoms with Gasteiger partial charge in [0.2, 0.25) is 5.82 Å². The van der Waals surface area contributed by atoms with E-state index < -0.39 is 0 Å². The molecule has 5 rings (SSSR count). The molecular weight excluding hydrogens is 418 g/mol. The molecule has 168 valence electrons. The highest BCUT2D eigenvalue weighted by Crippen LogP contribution is 2.41. The van der Waals surface area contributed by atoms with E-state index in [1.54, 1.807) is 18.7 Å². The molecule has 4 aromatic rings. The quantitative estimate of drug-likeness (QED) is 0.480. The van der Waals surface area contributed by atoms with Crippen LogP contribution in [0.1, 0.15) is 44.7 Å². The molecule has 0 aliphatic carbocycles. The third-order valence-electron chi connectivity index (χ3n) is 6.06. The molecule has 0 radical (unpaired) electrons. The zero-order valence-electron chi connectivity index (χ0n) is 19.1. The molecular formula is C25H25N5O3. The fourth-order valence-electron chi connectivity index (χ4n) is 4.54. The van der Waals surface area contributed by atoms with Gasteiger partial charge < -0.3 is 14.4 Å². The number of aromatic nitrogens is 4. The molecule has 2 aromatic carbocycles. The number of hydrogen-bond acceptors (Lipinski definition) is 6. The molecule has 8 heteroatoms. The van der Waals surface area contributed by atoms with Crippen LogP contribution in [-0.4, -0.2) is 51.2 Å². The van der Waals surface area contributed by atoms with Crippen molar-refractivity contribution < 1.29 is 14.3 Å². The summed E-state index contributed by atoms with van der Waals surface area (Å²) in [7, 11) is 3.25. The highest BCUT2D eigenvalue weighted by atomic mass is 16.5. The maximum Gasteiger partial charge on any atom is 0.294 e. The van der Waals surface area contributed by atoms with Crippen molar-refractivity contribution in [1.82, 2.24) is 24.5 Å². The summed E-state index contributed by atoms with van der Waals surface area (Å²) in [5, 5.41) is 4.48. The summed E-state index contributed by atoms with van der Waals surface area (Å²) in [5.41, 5.74) is 4.85.